The van der Waals surface area contributed by atoms with Crippen molar-refractivity contribution in [1.29, 1.82) is 0 Å². The quantitative estimate of drug-likeness (QED) is 0.669. The fourth-order valence-electron chi connectivity index (χ4n) is 3.19. The highest BCUT2D eigenvalue weighted by molar-refractivity contribution is 5.46. The fourth-order valence-corrected chi connectivity index (χ4v) is 3.19. The molecular weight excluding hydrogens is 362 g/mol. The van der Waals surface area contributed by atoms with Crippen LogP contribution in [0.15, 0.2) is 36.4 Å². The van der Waals surface area contributed by atoms with Crippen molar-refractivity contribution in [1.82, 2.24) is 4.90 Å². The van der Waals surface area contributed by atoms with Gasteiger partial charge in [-0.2, -0.15) is 0 Å². The summed E-state index contributed by atoms with van der Waals surface area (Å²) in [5.74, 6) is 2.89. The topological polar surface area (TPSA) is 69.6 Å². The normalized spacial score (nSPS) is 13.6. The lowest BCUT2D eigenvalue weighted by Crippen LogP contribution is -2.32. The first-order chi connectivity index (χ1) is 13.6. The lowest BCUT2D eigenvalue weighted by Gasteiger charge is -2.22. The van der Waals surface area contributed by atoms with Crippen LogP contribution < -0.4 is 18.9 Å². The third-order valence-electron chi connectivity index (χ3n) is 4.46. The average Bonchev–Trinajstić information content (AvgIpc) is 3.15. The van der Waals surface area contributed by atoms with Crippen molar-refractivity contribution in [2.75, 3.05) is 41.2 Å². The number of para-hydroxylation sites is 1. The highest BCUT2D eigenvalue weighted by Gasteiger charge is 2.15. The number of ether oxygens (including phenoxy) is 5. The molecule has 0 fully saturated rings. The van der Waals surface area contributed by atoms with Crippen LogP contribution in [-0.2, 0) is 17.9 Å². The van der Waals surface area contributed by atoms with Crippen molar-refractivity contribution >= 4 is 0 Å². The van der Waals surface area contributed by atoms with Gasteiger partial charge in [-0.25, -0.2) is 0 Å². The molecule has 1 atom stereocenters. The summed E-state index contributed by atoms with van der Waals surface area (Å²) >= 11 is 0. The maximum Gasteiger partial charge on any atom is 0.231 e. The molecule has 0 bridgehead atoms. The van der Waals surface area contributed by atoms with Gasteiger partial charge in [-0.1, -0.05) is 18.2 Å². The number of rotatable bonds is 10. The van der Waals surface area contributed by atoms with Crippen LogP contribution in [0.1, 0.15) is 11.1 Å². The Morgan fingerprint density at radius 2 is 1.93 bits per heavy atom. The molecular formula is C21H27NO6. The summed E-state index contributed by atoms with van der Waals surface area (Å²) in [6, 6.07) is 11.5. The van der Waals surface area contributed by atoms with E-state index in [1.54, 1.807) is 14.2 Å². The zero-order valence-electron chi connectivity index (χ0n) is 16.5. The Hall–Kier alpha value is -2.48. The molecule has 0 aliphatic carbocycles. The third-order valence-corrected chi connectivity index (χ3v) is 4.46. The smallest absolute Gasteiger partial charge is 0.231 e. The molecule has 28 heavy (non-hydrogen) atoms. The molecule has 0 radical (unpaired) electrons. The van der Waals surface area contributed by atoms with E-state index < -0.39 is 6.10 Å². The first-order valence-corrected chi connectivity index (χ1v) is 9.13. The van der Waals surface area contributed by atoms with E-state index in [0.29, 0.717) is 31.2 Å². The molecule has 0 saturated heterocycles. The molecule has 7 nitrogen and oxygen atoms in total. The van der Waals surface area contributed by atoms with E-state index in [4.69, 9.17) is 23.7 Å². The van der Waals surface area contributed by atoms with Gasteiger partial charge in [0.15, 0.2) is 23.0 Å². The third kappa shape index (κ3) is 5.07. The predicted molar refractivity (Wildman–Crippen MR) is 104 cm³/mol. The van der Waals surface area contributed by atoms with Crippen molar-refractivity contribution in [2.45, 2.75) is 19.3 Å². The van der Waals surface area contributed by atoms with E-state index in [1.165, 1.54) is 0 Å². The van der Waals surface area contributed by atoms with Crippen molar-refractivity contribution in [3.8, 4) is 23.0 Å². The van der Waals surface area contributed by atoms with Crippen LogP contribution in [0.3, 0.4) is 0 Å². The van der Waals surface area contributed by atoms with Crippen LogP contribution in [0.2, 0.25) is 0 Å². The van der Waals surface area contributed by atoms with E-state index in [0.717, 1.165) is 22.6 Å². The summed E-state index contributed by atoms with van der Waals surface area (Å²) in [5.41, 5.74) is 1.98. The minimum atomic E-state index is -0.601. The Bertz CT molecular complexity index is 781. The van der Waals surface area contributed by atoms with Gasteiger partial charge < -0.3 is 28.8 Å². The molecule has 0 saturated carbocycles. The van der Waals surface area contributed by atoms with Crippen LogP contribution in [0.25, 0.3) is 0 Å². The molecule has 0 spiro atoms. The second kappa shape index (κ2) is 9.64. The Kier molecular flexibility index (Phi) is 6.97. The van der Waals surface area contributed by atoms with E-state index >= 15 is 0 Å². The van der Waals surface area contributed by atoms with Gasteiger partial charge in [0.25, 0.3) is 0 Å². The van der Waals surface area contributed by atoms with E-state index in [-0.39, 0.29) is 13.4 Å². The molecule has 3 rings (SSSR count). The molecule has 0 aromatic heterocycles. The molecule has 2 aromatic carbocycles. The van der Waals surface area contributed by atoms with Crippen LogP contribution in [0.4, 0.5) is 0 Å². The van der Waals surface area contributed by atoms with Crippen LogP contribution in [0, 0.1) is 0 Å². The van der Waals surface area contributed by atoms with Gasteiger partial charge >= 0.3 is 0 Å². The lowest BCUT2D eigenvalue weighted by molar-refractivity contribution is 0.0126. The molecule has 1 heterocycles. The number of methoxy groups -OCH3 is 2. The van der Waals surface area contributed by atoms with Gasteiger partial charge in [0.05, 0.1) is 33.5 Å². The average molecular weight is 389 g/mol. The first-order valence-electron chi connectivity index (χ1n) is 9.13. The van der Waals surface area contributed by atoms with Gasteiger partial charge in [0.2, 0.25) is 6.79 Å². The zero-order chi connectivity index (χ0) is 19.9. The molecule has 0 unspecified atom stereocenters. The van der Waals surface area contributed by atoms with Gasteiger partial charge in [0, 0.05) is 18.7 Å². The Balaban J connectivity index is 1.45. The molecule has 1 aliphatic rings. The summed E-state index contributed by atoms with van der Waals surface area (Å²) in [7, 11) is 5.19. The fraction of sp³-hybridized carbons (Fsp3) is 0.429. The number of aliphatic hydroxyl groups excluding tert-OH is 1. The highest BCUT2D eigenvalue weighted by Crippen LogP contribution is 2.33. The number of hydrogen-bond donors (Lipinski definition) is 1. The van der Waals surface area contributed by atoms with E-state index in [1.807, 2.05) is 48.3 Å². The summed E-state index contributed by atoms with van der Waals surface area (Å²) in [6.45, 7) is 2.00. The summed E-state index contributed by atoms with van der Waals surface area (Å²) in [5, 5.41) is 10.3. The van der Waals surface area contributed by atoms with E-state index in [2.05, 4.69) is 0 Å². The van der Waals surface area contributed by atoms with Crippen LogP contribution in [-0.4, -0.2) is 57.3 Å². The lowest BCUT2D eigenvalue weighted by atomic mass is 10.1. The van der Waals surface area contributed by atoms with E-state index in [9.17, 15) is 5.11 Å². The summed E-state index contributed by atoms with van der Waals surface area (Å²) in [4.78, 5) is 2.02. The number of nitrogens with zero attached hydrogens (tertiary/aromatic N) is 1. The second-order valence-corrected chi connectivity index (χ2v) is 6.71. The molecule has 1 aliphatic heterocycles. The summed E-state index contributed by atoms with van der Waals surface area (Å²) < 4.78 is 27.1. The Morgan fingerprint density at radius 3 is 2.71 bits per heavy atom. The van der Waals surface area contributed by atoms with Crippen LogP contribution in [0.5, 0.6) is 23.0 Å². The zero-order valence-corrected chi connectivity index (χ0v) is 16.5. The SMILES string of the molecule is COc1cccc(CN(C)C[C@@H](O)COCc2ccc3c(c2)OCO3)c1OC. The standard InChI is InChI=1S/C21H27NO6/c1-22(10-16-5-4-6-19(24-2)21(16)25-3)11-17(23)13-26-12-15-7-8-18-20(9-15)28-14-27-18/h4-9,17,23H,10-14H2,1-3H3/t17-/m1/s1. The Labute approximate surface area is 165 Å². The largest absolute Gasteiger partial charge is 0.493 e. The van der Waals surface area contributed by atoms with Gasteiger partial charge in [-0.15, -0.1) is 0 Å². The molecule has 152 valence electrons. The van der Waals surface area contributed by atoms with Gasteiger partial charge in [-0.3, -0.25) is 4.90 Å². The predicted octanol–water partition coefficient (Wildman–Crippen LogP) is 2.44. The monoisotopic (exact) mass is 389 g/mol. The maximum atomic E-state index is 10.3. The minimum absolute atomic E-state index is 0.244. The van der Waals surface area contributed by atoms with Crippen molar-refractivity contribution < 1.29 is 28.8 Å². The molecule has 0 amide bonds. The van der Waals surface area contributed by atoms with Crippen LogP contribution >= 0.6 is 0 Å². The van der Waals surface area contributed by atoms with Crippen molar-refractivity contribution in [3.05, 3.63) is 47.5 Å². The number of aliphatic hydroxyl groups is 1. The highest BCUT2D eigenvalue weighted by atomic mass is 16.7. The Morgan fingerprint density at radius 1 is 1.11 bits per heavy atom. The van der Waals surface area contributed by atoms with Gasteiger partial charge in [-0.05, 0) is 30.8 Å². The molecule has 1 N–H and O–H groups in total. The molecule has 2 aromatic rings. The van der Waals surface area contributed by atoms with Gasteiger partial charge in [0.1, 0.15) is 0 Å². The minimum Gasteiger partial charge on any atom is -0.493 e. The second-order valence-electron chi connectivity index (χ2n) is 6.71. The number of hydrogen-bond acceptors (Lipinski definition) is 7. The number of likely N-dealkylation sites (N-methyl/N-ethyl adjacent to an activating group) is 1. The number of benzene rings is 2. The maximum absolute atomic E-state index is 10.3. The molecule has 7 heteroatoms. The summed E-state index contributed by atoms with van der Waals surface area (Å²) in [6.07, 6.45) is -0.601. The van der Waals surface area contributed by atoms with Crippen molar-refractivity contribution in [2.24, 2.45) is 0 Å². The number of fused-ring (bicyclic) bond motifs is 1. The van der Waals surface area contributed by atoms with Crippen molar-refractivity contribution in [3.63, 3.8) is 0 Å². The first kappa shape index (κ1) is 20.3.